The molecule has 0 aliphatic heterocycles. The second-order valence-corrected chi connectivity index (χ2v) is 4.74. The molecule has 0 radical (unpaired) electrons. The van der Waals surface area contributed by atoms with Gasteiger partial charge < -0.3 is 13.9 Å². The van der Waals surface area contributed by atoms with Crippen LogP contribution in [0.5, 0.6) is 17.2 Å². The molecule has 23 heavy (non-hydrogen) atoms. The fraction of sp³-hybridized carbons (Fsp3) is 0.0588. The first-order valence-corrected chi connectivity index (χ1v) is 6.70. The van der Waals surface area contributed by atoms with Crippen LogP contribution in [0.2, 0.25) is 0 Å². The van der Waals surface area contributed by atoms with Gasteiger partial charge in [0.15, 0.2) is 0 Å². The molecule has 0 aliphatic rings. The van der Waals surface area contributed by atoms with Crippen LogP contribution in [0.3, 0.4) is 0 Å². The summed E-state index contributed by atoms with van der Waals surface area (Å²) in [5, 5.41) is 0.278. The SMILES string of the molecule is CC(=O)Oc1ccc2c(=O)c(Oc3ccc(F)cc3)coc2c1. The zero-order valence-corrected chi connectivity index (χ0v) is 12.0. The van der Waals surface area contributed by atoms with Crippen LogP contribution in [-0.4, -0.2) is 5.97 Å². The third-order valence-electron chi connectivity index (χ3n) is 3.02. The predicted molar refractivity (Wildman–Crippen MR) is 80.3 cm³/mol. The molecule has 0 spiro atoms. The van der Waals surface area contributed by atoms with E-state index < -0.39 is 11.8 Å². The molecular formula is C17H11FO5. The van der Waals surface area contributed by atoms with Crippen LogP contribution in [0.25, 0.3) is 11.0 Å². The predicted octanol–water partition coefficient (Wildman–Crippen LogP) is 3.65. The van der Waals surface area contributed by atoms with E-state index in [9.17, 15) is 14.0 Å². The zero-order valence-electron chi connectivity index (χ0n) is 12.0. The number of hydrogen-bond donors (Lipinski definition) is 0. The fourth-order valence-electron chi connectivity index (χ4n) is 2.02. The summed E-state index contributed by atoms with van der Waals surface area (Å²) in [6.45, 7) is 1.28. The lowest BCUT2D eigenvalue weighted by atomic mass is 10.2. The Bertz CT molecular complexity index is 928. The van der Waals surface area contributed by atoms with Gasteiger partial charge in [0.25, 0.3) is 0 Å². The van der Waals surface area contributed by atoms with Crippen LogP contribution in [-0.2, 0) is 4.79 Å². The van der Waals surface area contributed by atoms with Gasteiger partial charge >= 0.3 is 5.97 Å². The van der Waals surface area contributed by atoms with Gasteiger partial charge in [0.1, 0.15) is 29.2 Å². The number of carbonyl (C=O) groups excluding carboxylic acids is 1. The molecule has 0 bridgehead atoms. The molecule has 5 nitrogen and oxygen atoms in total. The van der Waals surface area contributed by atoms with Gasteiger partial charge in [0.2, 0.25) is 11.2 Å². The number of halogens is 1. The van der Waals surface area contributed by atoms with E-state index >= 15 is 0 Å². The first-order valence-electron chi connectivity index (χ1n) is 6.70. The normalized spacial score (nSPS) is 10.5. The largest absolute Gasteiger partial charge is 0.460 e. The van der Waals surface area contributed by atoms with Crippen molar-refractivity contribution in [1.29, 1.82) is 0 Å². The van der Waals surface area contributed by atoms with E-state index in [0.717, 1.165) is 6.26 Å². The van der Waals surface area contributed by atoms with Crippen molar-refractivity contribution in [2.24, 2.45) is 0 Å². The van der Waals surface area contributed by atoms with E-state index in [2.05, 4.69) is 0 Å². The van der Waals surface area contributed by atoms with E-state index in [-0.39, 0.29) is 27.9 Å². The first-order chi connectivity index (χ1) is 11.0. The Labute approximate surface area is 129 Å². The highest BCUT2D eigenvalue weighted by Crippen LogP contribution is 2.24. The summed E-state index contributed by atoms with van der Waals surface area (Å²) in [5.74, 6) is -0.303. The standard InChI is InChI=1S/C17H11FO5/c1-10(19)22-13-6-7-14-15(8-13)21-9-16(17(14)20)23-12-4-2-11(18)3-5-12/h2-9H,1H3. The minimum Gasteiger partial charge on any atom is -0.460 e. The van der Waals surface area contributed by atoms with Gasteiger partial charge in [-0.05, 0) is 36.4 Å². The van der Waals surface area contributed by atoms with E-state index in [1.807, 2.05) is 0 Å². The molecule has 0 amide bonds. The maximum Gasteiger partial charge on any atom is 0.308 e. The molecule has 0 atom stereocenters. The second-order valence-electron chi connectivity index (χ2n) is 4.74. The monoisotopic (exact) mass is 314 g/mol. The number of ether oxygens (including phenoxy) is 2. The summed E-state index contributed by atoms with van der Waals surface area (Å²) in [6.07, 6.45) is 1.16. The average Bonchev–Trinajstić information content (AvgIpc) is 2.51. The fourth-order valence-corrected chi connectivity index (χ4v) is 2.02. The van der Waals surface area contributed by atoms with Crippen LogP contribution in [0.4, 0.5) is 4.39 Å². The van der Waals surface area contributed by atoms with E-state index in [4.69, 9.17) is 13.9 Å². The Morgan fingerprint density at radius 1 is 1.09 bits per heavy atom. The molecule has 0 unspecified atom stereocenters. The molecule has 3 aromatic rings. The van der Waals surface area contributed by atoms with Gasteiger partial charge in [-0.1, -0.05) is 0 Å². The summed E-state index contributed by atoms with van der Waals surface area (Å²) in [5.41, 5.74) is -0.120. The van der Waals surface area contributed by atoms with Crippen molar-refractivity contribution in [2.75, 3.05) is 0 Å². The summed E-state index contributed by atoms with van der Waals surface area (Å²) in [6, 6.07) is 9.68. The van der Waals surface area contributed by atoms with Crippen LogP contribution >= 0.6 is 0 Å². The minimum atomic E-state index is -0.469. The Balaban J connectivity index is 1.97. The zero-order chi connectivity index (χ0) is 16.4. The lowest BCUT2D eigenvalue weighted by molar-refractivity contribution is -0.131. The van der Waals surface area contributed by atoms with Gasteiger partial charge in [-0.15, -0.1) is 0 Å². The van der Waals surface area contributed by atoms with Crippen LogP contribution in [0.1, 0.15) is 6.92 Å². The minimum absolute atomic E-state index is 0.0238. The van der Waals surface area contributed by atoms with Gasteiger partial charge in [-0.25, -0.2) is 4.39 Å². The van der Waals surface area contributed by atoms with Gasteiger partial charge in [-0.2, -0.15) is 0 Å². The number of benzene rings is 2. The highest BCUT2D eigenvalue weighted by Gasteiger charge is 2.11. The van der Waals surface area contributed by atoms with Crippen molar-refractivity contribution >= 4 is 16.9 Å². The molecule has 1 aromatic heterocycles. The molecule has 0 saturated heterocycles. The molecule has 0 N–H and O–H groups in total. The summed E-state index contributed by atoms with van der Waals surface area (Å²) in [7, 11) is 0. The molecule has 3 rings (SSSR count). The molecular weight excluding hydrogens is 303 g/mol. The molecule has 0 fully saturated rings. The van der Waals surface area contributed by atoms with Crippen molar-refractivity contribution in [3.63, 3.8) is 0 Å². The van der Waals surface area contributed by atoms with Gasteiger partial charge in [0.05, 0.1) is 5.39 Å². The third-order valence-corrected chi connectivity index (χ3v) is 3.02. The van der Waals surface area contributed by atoms with Gasteiger partial charge in [-0.3, -0.25) is 9.59 Å². The number of carbonyl (C=O) groups is 1. The van der Waals surface area contributed by atoms with Crippen LogP contribution in [0.15, 0.2) is 57.9 Å². The summed E-state index contributed by atoms with van der Waals surface area (Å²) in [4.78, 5) is 23.3. The maximum atomic E-state index is 12.9. The molecule has 0 aliphatic carbocycles. The Morgan fingerprint density at radius 2 is 1.78 bits per heavy atom. The Kier molecular flexibility index (Phi) is 3.80. The number of esters is 1. The molecule has 1 heterocycles. The highest BCUT2D eigenvalue weighted by atomic mass is 19.1. The van der Waals surface area contributed by atoms with E-state index in [0.29, 0.717) is 5.75 Å². The average molecular weight is 314 g/mol. The Morgan fingerprint density at radius 3 is 2.48 bits per heavy atom. The van der Waals surface area contributed by atoms with Crippen molar-refractivity contribution in [2.45, 2.75) is 6.92 Å². The maximum absolute atomic E-state index is 12.9. The highest BCUT2D eigenvalue weighted by molar-refractivity contribution is 5.80. The summed E-state index contributed by atoms with van der Waals surface area (Å²) >= 11 is 0. The van der Waals surface area contributed by atoms with Crippen LogP contribution < -0.4 is 14.9 Å². The Hall–Kier alpha value is -3.15. The lowest BCUT2D eigenvalue weighted by Gasteiger charge is -2.06. The smallest absolute Gasteiger partial charge is 0.308 e. The summed E-state index contributed by atoms with van der Waals surface area (Å²) < 4.78 is 28.6. The number of hydrogen-bond acceptors (Lipinski definition) is 5. The van der Waals surface area contributed by atoms with Crippen molar-refractivity contribution in [3.05, 3.63) is 64.8 Å². The molecule has 6 heteroatoms. The molecule has 0 saturated carbocycles. The molecule has 116 valence electrons. The van der Waals surface area contributed by atoms with Crippen LogP contribution in [0, 0.1) is 5.82 Å². The molecule has 2 aromatic carbocycles. The second kappa shape index (κ2) is 5.92. The quantitative estimate of drug-likeness (QED) is 0.545. The number of fused-ring (bicyclic) bond motifs is 1. The first kappa shape index (κ1) is 14.8. The number of rotatable bonds is 3. The van der Waals surface area contributed by atoms with E-state index in [1.165, 1.54) is 49.4 Å². The van der Waals surface area contributed by atoms with E-state index in [1.54, 1.807) is 0 Å². The van der Waals surface area contributed by atoms with Crippen molar-refractivity contribution in [1.82, 2.24) is 0 Å². The lowest BCUT2D eigenvalue weighted by Crippen LogP contribution is -2.06. The topological polar surface area (TPSA) is 65.7 Å². The van der Waals surface area contributed by atoms with Gasteiger partial charge in [0, 0.05) is 13.0 Å². The third kappa shape index (κ3) is 3.21. The van der Waals surface area contributed by atoms with Crippen molar-refractivity contribution < 1.29 is 23.1 Å². The van der Waals surface area contributed by atoms with Crippen molar-refractivity contribution in [3.8, 4) is 17.2 Å².